The summed E-state index contributed by atoms with van der Waals surface area (Å²) in [6, 6.07) is 5.61. The minimum absolute atomic E-state index is 0.0240. The number of piperazine rings is 1. The molecule has 0 aromatic heterocycles. The maximum Gasteiger partial charge on any atom is 0.241 e. The van der Waals surface area contributed by atoms with Crippen LogP contribution in [0.3, 0.4) is 0 Å². The number of anilines is 1. The van der Waals surface area contributed by atoms with Crippen molar-refractivity contribution in [2.24, 2.45) is 5.14 Å². The molecule has 2 atom stereocenters. The van der Waals surface area contributed by atoms with Crippen LogP contribution in [0.2, 0.25) is 0 Å². The van der Waals surface area contributed by atoms with Crippen molar-refractivity contribution in [2.45, 2.75) is 36.8 Å². The number of hydrogen-bond acceptors (Lipinski definition) is 6. The quantitative estimate of drug-likeness (QED) is 0.724. The van der Waals surface area contributed by atoms with Gasteiger partial charge in [0, 0.05) is 45.0 Å². The Kier molecular flexibility index (Phi) is 6.48. The normalized spacial score (nSPS) is 23.3. The van der Waals surface area contributed by atoms with Crippen LogP contribution in [0.5, 0.6) is 0 Å². The Balaban J connectivity index is 1.47. The van der Waals surface area contributed by atoms with E-state index in [-0.39, 0.29) is 16.8 Å². The number of hydrogen-bond donors (Lipinski definition) is 2. The van der Waals surface area contributed by atoms with E-state index in [9.17, 15) is 13.2 Å². The molecule has 3 N–H and O–H groups in total. The second-order valence-corrected chi connectivity index (χ2v) is 8.77. The van der Waals surface area contributed by atoms with Crippen LogP contribution in [0, 0.1) is 0 Å². The molecule has 0 saturated carbocycles. The fraction of sp³-hybridized carbons (Fsp3) is 0.611. The predicted octanol–water partition coefficient (Wildman–Crippen LogP) is 0.458. The highest BCUT2D eigenvalue weighted by atomic mass is 32.2. The van der Waals surface area contributed by atoms with Gasteiger partial charge < -0.3 is 10.1 Å². The first-order valence-corrected chi connectivity index (χ1v) is 10.9. The molecular weight excluding hydrogens is 368 g/mol. The molecule has 0 unspecified atom stereocenters. The Morgan fingerprint density at radius 2 is 1.93 bits per heavy atom. The largest absolute Gasteiger partial charge is 0.377 e. The SMILES string of the molecule is C[C@H](C(=O)Nc1ccc(S(N)(=O)=O)cc1)N1CCN(C[C@H]2CCCO2)CC1. The summed E-state index contributed by atoms with van der Waals surface area (Å²) in [5.74, 6) is -0.106. The lowest BCUT2D eigenvalue weighted by Gasteiger charge is -2.38. The van der Waals surface area contributed by atoms with Gasteiger partial charge in [0.05, 0.1) is 17.0 Å². The van der Waals surface area contributed by atoms with Crippen molar-refractivity contribution in [3.05, 3.63) is 24.3 Å². The molecule has 2 saturated heterocycles. The summed E-state index contributed by atoms with van der Waals surface area (Å²) in [6.07, 6.45) is 2.65. The average molecular weight is 397 g/mol. The summed E-state index contributed by atoms with van der Waals surface area (Å²) < 4.78 is 28.3. The zero-order chi connectivity index (χ0) is 19.4. The van der Waals surface area contributed by atoms with Gasteiger partial charge in [0.15, 0.2) is 0 Å². The molecule has 2 aliphatic heterocycles. The zero-order valence-corrected chi connectivity index (χ0v) is 16.5. The highest BCUT2D eigenvalue weighted by Gasteiger charge is 2.27. The Bertz CT molecular complexity index is 739. The maximum atomic E-state index is 12.5. The molecule has 9 heteroatoms. The van der Waals surface area contributed by atoms with Crippen LogP contribution < -0.4 is 10.5 Å². The van der Waals surface area contributed by atoms with E-state index >= 15 is 0 Å². The van der Waals surface area contributed by atoms with Crippen LogP contribution in [-0.2, 0) is 19.6 Å². The number of rotatable bonds is 6. The molecule has 1 amide bonds. The molecular formula is C18H28N4O4S. The van der Waals surface area contributed by atoms with Crippen molar-refractivity contribution in [1.82, 2.24) is 9.80 Å². The lowest BCUT2D eigenvalue weighted by molar-refractivity contribution is -0.121. The van der Waals surface area contributed by atoms with Crippen molar-refractivity contribution in [2.75, 3.05) is 44.6 Å². The van der Waals surface area contributed by atoms with Crippen LogP contribution in [0.15, 0.2) is 29.2 Å². The molecule has 0 radical (unpaired) electrons. The minimum Gasteiger partial charge on any atom is -0.377 e. The highest BCUT2D eigenvalue weighted by molar-refractivity contribution is 7.89. The van der Waals surface area contributed by atoms with E-state index in [4.69, 9.17) is 9.88 Å². The van der Waals surface area contributed by atoms with Gasteiger partial charge >= 0.3 is 0 Å². The number of benzene rings is 1. The molecule has 2 aliphatic rings. The lowest BCUT2D eigenvalue weighted by atomic mass is 10.2. The molecule has 1 aromatic rings. The number of nitrogens with one attached hydrogen (secondary N) is 1. The van der Waals surface area contributed by atoms with Gasteiger partial charge in [-0.15, -0.1) is 0 Å². The van der Waals surface area contributed by atoms with Gasteiger partial charge in [-0.2, -0.15) is 0 Å². The van der Waals surface area contributed by atoms with E-state index in [2.05, 4.69) is 15.1 Å². The molecule has 1 aromatic carbocycles. The van der Waals surface area contributed by atoms with E-state index < -0.39 is 10.0 Å². The van der Waals surface area contributed by atoms with E-state index in [0.29, 0.717) is 11.8 Å². The van der Waals surface area contributed by atoms with Gasteiger partial charge in [-0.3, -0.25) is 14.6 Å². The van der Waals surface area contributed by atoms with E-state index in [1.807, 2.05) is 6.92 Å². The minimum atomic E-state index is -3.73. The maximum absolute atomic E-state index is 12.5. The Labute approximate surface area is 160 Å². The van der Waals surface area contributed by atoms with Gasteiger partial charge in [0.25, 0.3) is 0 Å². The van der Waals surface area contributed by atoms with Gasteiger partial charge in [0.1, 0.15) is 0 Å². The smallest absolute Gasteiger partial charge is 0.241 e. The summed E-state index contributed by atoms with van der Waals surface area (Å²) >= 11 is 0. The Hall–Kier alpha value is -1.52. The molecule has 8 nitrogen and oxygen atoms in total. The van der Waals surface area contributed by atoms with Gasteiger partial charge in [-0.1, -0.05) is 0 Å². The van der Waals surface area contributed by atoms with Crippen LogP contribution >= 0.6 is 0 Å². The van der Waals surface area contributed by atoms with Crippen molar-refractivity contribution < 1.29 is 17.9 Å². The van der Waals surface area contributed by atoms with Crippen molar-refractivity contribution >= 4 is 21.6 Å². The van der Waals surface area contributed by atoms with Crippen molar-refractivity contribution in [3.8, 4) is 0 Å². The molecule has 2 fully saturated rings. The molecule has 2 heterocycles. The number of carbonyl (C=O) groups is 1. The average Bonchev–Trinajstić information content (AvgIpc) is 3.14. The molecule has 3 rings (SSSR count). The van der Waals surface area contributed by atoms with Crippen LogP contribution in [-0.4, -0.2) is 75.6 Å². The fourth-order valence-electron chi connectivity index (χ4n) is 3.55. The summed E-state index contributed by atoms with van der Waals surface area (Å²) in [5, 5.41) is 7.92. The second-order valence-electron chi connectivity index (χ2n) is 7.21. The third kappa shape index (κ3) is 5.49. The van der Waals surface area contributed by atoms with Crippen LogP contribution in [0.1, 0.15) is 19.8 Å². The lowest BCUT2D eigenvalue weighted by Crippen LogP contribution is -2.53. The third-order valence-electron chi connectivity index (χ3n) is 5.27. The first-order valence-electron chi connectivity index (χ1n) is 9.34. The van der Waals surface area contributed by atoms with Gasteiger partial charge in [0.2, 0.25) is 15.9 Å². The number of ether oxygens (including phenoxy) is 1. The van der Waals surface area contributed by atoms with E-state index in [0.717, 1.165) is 52.2 Å². The monoisotopic (exact) mass is 396 g/mol. The third-order valence-corrected chi connectivity index (χ3v) is 6.20. The number of carbonyl (C=O) groups excluding carboxylic acids is 1. The number of nitrogens with two attached hydrogens (primary N) is 1. The van der Waals surface area contributed by atoms with E-state index in [1.54, 1.807) is 12.1 Å². The number of sulfonamides is 1. The zero-order valence-electron chi connectivity index (χ0n) is 15.6. The molecule has 27 heavy (non-hydrogen) atoms. The first kappa shape index (κ1) is 20.2. The summed E-state index contributed by atoms with van der Waals surface area (Å²) in [4.78, 5) is 17.1. The van der Waals surface area contributed by atoms with Crippen LogP contribution in [0.25, 0.3) is 0 Å². The Morgan fingerprint density at radius 1 is 1.26 bits per heavy atom. The van der Waals surface area contributed by atoms with Crippen molar-refractivity contribution in [1.29, 1.82) is 0 Å². The molecule has 0 aliphatic carbocycles. The van der Waals surface area contributed by atoms with Gasteiger partial charge in [-0.05, 0) is 44.0 Å². The first-order chi connectivity index (χ1) is 12.8. The summed E-state index contributed by atoms with van der Waals surface area (Å²) in [5.41, 5.74) is 0.552. The number of primary sulfonamides is 1. The fourth-order valence-corrected chi connectivity index (χ4v) is 4.07. The predicted molar refractivity (Wildman–Crippen MR) is 103 cm³/mol. The topological polar surface area (TPSA) is 105 Å². The van der Waals surface area contributed by atoms with Crippen LogP contribution in [0.4, 0.5) is 5.69 Å². The number of amides is 1. The van der Waals surface area contributed by atoms with E-state index in [1.165, 1.54) is 12.1 Å². The standard InChI is InChI=1S/C18H28N4O4S/c1-14(18(23)20-15-4-6-17(7-5-15)27(19,24)25)22-10-8-21(9-11-22)13-16-3-2-12-26-16/h4-7,14,16H,2-3,8-13H2,1H3,(H,20,23)(H2,19,24,25)/t14-,16-/m1/s1. The van der Waals surface area contributed by atoms with Crippen molar-refractivity contribution in [3.63, 3.8) is 0 Å². The second kappa shape index (κ2) is 8.66. The summed E-state index contributed by atoms with van der Waals surface area (Å²) in [6.45, 7) is 7.28. The number of nitrogens with zero attached hydrogens (tertiary/aromatic N) is 2. The Morgan fingerprint density at radius 3 is 2.48 bits per heavy atom. The summed E-state index contributed by atoms with van der Waals surface area (Å²) in [7, 11) is -3.73. The molecule has 150 valence electrons. The molecule has 0 spiro atoms. The molecule has 0 bridgehead atoms. The highest BCUT2D eigenvalue weighted by Crippen LogP contribution is 2.16. The van der Waals surface area contributed by atoms with Gasteiger partial charge in [-0.25, -0.2) is 13.6 Å².